The summed E-state index contributed by atoms with van der Waals surface area (Å²) in [5.41, 5.74) is 9.86. The molecule has 0 saturated carbocycles. The van der Waals surface area contributed by atoms with Crippen molar-refractivity contribution in [2.45, 2.75) is 195 Å². The third kappa shape index (κ3) is 8.67. The van der Waals surface area contributed by atoms with Gasteiger partial charge in [-0.05, 0) is 0 Å². The molecule has 1 aliphatic heterocycles. The number of hydrogen-bond acceptors (Lipinski definition) is 2. The molecular formula is C49H76GeNOP. The fraction of sp³-hybridized carbons (Fsp3) is 0.612. The summed E-state index contributed by atoms with van der Waals surface area (Å²) in [6.45, 7) is 50.6. The van der Waals surface area contributed by atoms with E-state index in [2.05, 4.69) is 205 Å². The molecule has 3 aromatic rings. The van der Waals surface area contributed by atoms with Gasteiger partial charge in [-0.1, -0.05) is 0 Å². The van der Waals surface area contributed by atoms with Gasteiger partial charge in [0.05, 0.1) is 0 Å². The second-order valence-corrected chi connectivity index (χ2v) is 32.6. The molecule has 53 heavy (non-hydrogen) atoms. The van der Waals surface area contributed by atoms with Crippen molar-refractivity contribution in [1.82, 2.24) is 5.06 Å². The molecule has 0 aromatic heterocycles. The number of hydrogen-bond donors (Lipinski definition) is 0. The second kappa shape index (κ2) is 15.0. The van der Waals surface area contributed by atoms with E-state index in [-0.39, 0.29) is 32.1 Å². The SMILES string of the molecule is CC(C)c1cc(C(C)C)[c]([Ge@@]2([C](C)(C)C)[O]N(C(C)(C)C)[C@H](c3ccccc3)[C]2=Pc2c(C(C)(C)C)cc(C(C)(C)C)cc2C(C)(C)C)c(C(C)C)c1. The summed E-state index contributed by atoms with van der Waals surface area (Å²) in [4.78, 5) is 0. The van der Waals surface area contributed by atoms with E-state index in [1.54, 1.807) is 8.52 Å². The Morgan fingerprint density at radius 2 is 1.06 bits per heavy atom. The minimum absolute atomic E-state index is 0.0184. The zero-order valence-electron chi connectivity index (χ0n) is 37.8. The van der Waals surface area contributed by atoms with Crippen LogP contribution in [-0.4, -0.2) is 28.3 Å². The van der Waals surface area contributed by atoms with E-state index in [9.17, 15) is 0 Å². The Bertz CT molecular complexity index is 1730. The first-order valence-electron chi connectivity index (χ1n) is 20.4. The Balaban J connectivity index is 2.43. The van der Waals surface area contributed by atoms with E-state index in [1.807, 2.05) is 0 Å². The predicted octanol–water partition coefficient (Wildman–Crippen LogP) is 13.7. The van der Waals surface area contributed by atoms with Crippen molar-refractivity contribution in [2.24, 2.45) is 0 Å². The Kier molecular flexibility index (Phi) is 12.4. The van der Waals surface area contributed by atoms with Gasteiger partial charge in [0.15, 0.2) is 0 Å². The van der Waals surface area contributed by atoms with Crippen LogP contribution in [0.15, 0.2) is 54.6 Å². The zero-order valence-corrected chi connectivity index (χ0v) is 40.8. The first kappa shape index (κ1) is 44.0. The molecule has 0 unspecified atom stereocenters. The number of rotatable bonds is 6. The third-order valence-corrected chi connectivity index (χ3v) is 25.0. The van der Waals surface area contributed by atoms with Crippen LogP contribution in [0.25, 0.3) is 0 Å². The summed E-state index contributed by atoms with van der Waals surface area (Å²) >= 11 is -3.93. The van der Waals surface area contributed by atoms with E-state index < -0.39 is 13.6 Å². The van der Waals surface area contributed by atoms with Crippen LogP contribution in [-0.2, 0) is 20.1 Å². The Morgan fingerprint density at radius 3 is 1.40 bits per heavy atom. The summed E-state index contributed by atoms with van der Waals surface area (Å²) in [6.07, 6.45) is 0. The van der Waals surface area contributed by atoms with Crippen LogP contribution in [0.4, 0.5) is 0 Å². The molecule has 2 atom stereocenters. The molecule has 292 valence electrons. The molecule has 1 aliphatic rings. The number of hydroxylamine groups is 2. The number of nitrogens with zero attached hydrogens (tertiary/aromatic N) is 1. The molecule has 1 heterocycles. The molecule has 0 bridgehead atoms. The van der Waals surface area contributed by atoms with E-state index in [1.165, 1.54) is 52.5 Å². The standard InChI is InChI=1S/C49H76GeNOP/c1-31(2)35-27-37(32(3)4)41(38(28-35)33(5)6)50(48(16,17)18)44(42(34-25-23-22-24-26-34)51(52-50)49(19,20)21)53-43-39(46(10,11)12)29-36(45(7,8)9)30-40(43)47(13,14)15/h22-33,42H,1-21H3/t42-,50-/m1/s1. The van der Waals surface area contributed by atoms with Crippen LogP contribution >= 0.6 is 8.20 Å². The van der Waals surface area contributed by atoms with Gasteiger partial charge in [-0.25, -0.2) is 0 Å². The Labute approximate surface area is 331 Å². The summed E-state index contributed by atoms with van der Waals surface area (Å²) < 4.78 is 11.3. The van der Waals surface area contributed by atoms with E-state index in [4.69, 9.17) is 3.86 Å². The number of benzene rings is 3. The maximum absolute atomic E-state index is 8.20. The summed E-state index contributed by atoms with van der Waals surface area (Å²) in [5.74, 6) is 1.19. The first-order chi connectivity index (χ1) is 23.9. The molecular weight excluding hydrogens is 722 g/mol. The average molecular weight is 799 g/mol. The van der Waals surface area contributed by atoms with Gasteiger partial charge in [0, 0.05) is 0 Å². The molecule has 4 rings (SSSR count). The quantitative estimate of drug-likeness (QED) is 0.182. The van der Waals surface area contributed by atoms with Gasteiger partial charge in [0.2, 0.25) is 0 Å². The van der Waals surface area contributed by atoms with Gasteiger partial charge in [-0.2, -0.15) is 0 Å². The normalized spacial score (nSPS) is 20.5. The van der Waals surface area contributed by atoms with Gasteiger partial charge in [0.1, 0.15) is 0 Å². The molecule has 0 spiro atoms. The average Bonchev–Trinajstić information content (AvgIpc) is 3.35. The fourth-order valence-corrected chi connectivity index (χ4v) is 24.8. The van der Waals surface area contributed by atoms with Crippen molar-refractivity contribution in [3.05, 3.63) is 93.5 Å². The molecule has 0 N–H and O–H groups in total. The molecule has 0 aliphatic carbocycles. The molecule has 1 fully saturated rings. The Hall–Kier alpha value is -1.71. The third-order valence-electron chi connectivity index (χ3n) is 11.2. The molecule has 0 amide bonds. The molecule has 4 heteroatoms. The van der Waals surface area contributed by atoms with Gasteiger partial charge in [-0.15, -0.1) is 0 Å². The van der Waals surface area contributed by atoms with E-state index in [0.717, 1.165) is 0 Å². The molecule has 3 aromatic carbocycles. The zero-order chi connectivity index (χ0) is 40.4. The summed E-state index contributed by atoms with van der Waals surface area (Å²) in [6, 6.07) is 21.6. The van der Waals surface area contributed by atoms with Crippen LogP contribution in [0.1, 0.15) is 208 Å². The Morgan fingerprint density at radius 1 is 0.604 bits per heavy atom. The fourth-order valence-electron chi connectivity index (χ4n) is 8.03. The molecule has 2 nitrogen and oxygen atoms in total. The molecule has 0 radical (unpaired) electrons. The second-order valence-electron chi connectivity index (χ2n) is 22.0. The van der Waals surface area contributed by atoms with E-state index in [0.29, 0.717) is 17.8 Å². The van der Waals surface area contributed by atoms with E-state index >= 15 is 0 Å². The van der Waals surface area contributed by atoms with Gasteiger partial charge >= 0.3 is 333 Å². The van der Waals surface area contributed by atoms with Crippen LogP contribution in [0.3, 0.4) is 0 Å². The summed E-state index contributed by atoms with van der Waals surface area (Å²) in [5, 5.41) is 3.96. The molecule has 1 saturated heterocycles. The van der Waals surface area contributed by atoms with Crippen molar-refractivity contribution in [3.8, 4) is 0 Å². The van der Waals surface area contributed by atoms with Crippen molar-refractivity contribution < 1.29 is 3.86 Å². The van der Waals surface area contributed by atoms with Crippen molar-refractivity contribution >= 4 is 35.6 Å². The van der Waals surface area contributed by atoms with Crippen LogP contribution in [0, 0.1) is 0 Å². The van der Waals surface area contributed by atoms with Gasteiger partial charge < -0.3 is 0 Å². The van der Waals surface area contributed by atoms with Crippen molar-refractivity contribution in [2.75, 3.05) is 0 Å². The maximum atomic E-state index is 8.20. The monoisotopic (exact) mass is 799 g/mol. The van der Waals surface area contributed by atoms with Crippen LogP contribution in [0.2, 0.25) is 4.25 Å². The van der Waals surface area contributed by atoms with Gasteiger partial charge in [-0.3, -0.25) is 0 Å². The summed E-state index contributed by atoms with van der Waals surface area (Å²) in [7, 11) is 1.31. The van der Waals surface area contributed by atoms with Gasteiger partial charge in [0.25, 0.3) is 0 Å². The predicted molar refractivity (Wildman–Crippen MR) is 240 cm³/mol. The first-order valence-corrected chi connectivity index (χ1v) is 25.3. The van der Waals surface area contributed by atoms with Crippen molar-refractivity contribution in [3.63, 3.8) is 0 Å². The minimum atomic E-state index is -3.93. The van der Waals surface area contributed by atoms with Crippen molar-refractivity contribution in [1.29, 1.82) is 0 Å². The topological polar surface area (TPSA) is 12.5 Å². The van der Waals surface area contributed by atoms with Crippen LogP contribution in [0.5, 0.6) is 0 Å². The van der Waals surface area contributed by atoms with Crippen LogP contribution < -0.4 is 9.70 Å².